The Morgan fingerprint density at radius 2 is 1.89 bits per heavy atom. The van der Waals surface area contributed by atoms with E-state index in [-0.39, 0.29) is 21.6 Å². The molecule has 0 fully saturated rings. The van der Waals surface area contributed by atoms with Crippen molar-refractivity contribution in [2.45, 2.75) is 0 Å². The van der Waals surface area contributed by atoms with Crippen LogP contribution in [0.3, 0.4) is 0 Å². The van der Waals surface area contributed by atoms with Crippen molar-refractivity contribution in [1.29, 1.82) is 0 Å². The number of aliphatic imine (C=N–C) groups is 1. The molecule has 0 saturated carbocycles. The predicted molar refractivity (Wildman–Crippen MR) is 67.5 cm³/mol. The van der Waals surface area contributed by atoms with Crippen molar-refractivity contribution in [2.24, 2.45) is 10.9 Å². The molecule has 0 N–H and O–H groups in total. The van der Waals surface area contributed by atoms with Crippen LogP contribution in [0.5, 0.6) is 0 Å². The minimum Gasteiger partial charge on any atom is -0.258 e. The average molecular weight is 265 g/mol. The number of hydrogen-bond donors (Lipinski definition) is 0. The van der Waals surface area contributed by atoms with Gasteiger partial charge < -0.3 is 0 Å². The van der Waals surface area contributed by atoms with E-state index in [1.54, 1.807) is 0 Å². The van der Waals surface area contributed by atoms with E-state index in [2.05, 4.69) is 4.99 Å². The van der Waals surface area contributed by atoms with Crippen molar-refractivity contribution in [3.05, 3.63) is 50.6 Å². The highest BCUT2D eigenvalue weighted by Crippen LogP contribution is 2.41. The Hall–Kier alpha value is -2.35. The highest BCUT2D eigenvalue weighted by Gasteiger charge is 2.24. The minimum atomic E-state index is -0.670. The lowest BCUT2D eigenvalue weighted by Gasteiger charge is -1.93. The van der Waals surface area contributed by atoms with Gasteiger partial charge in [-0.05, 0) is 11.3 Å². The molecule has 0 aliphatic heterocycles. The fourth-order valence-corrected chi connectivity index (χ4v) is 2.17. The molecular formula is C10H7N3O4S. The first-order valence-electron chi connectivity index (χ1n) is 4.89. The molecule has 1 aromatic heterocycles. The molecule has 1 heterocycles. The normalized spacial score (nSPS) is 14.7. The van der Waals surface area contributed by atoms with Gasteiger partial charge in [0.15, 0.2) is 0 Å². The SMILES string of the molecule is O=[N+]([O-])c1cc([N+](=O)[O-])c(/N=C/C2C=CC=C2)s1. The number of nitro groups is 2. The Kier molecular flexibility index (Phi) is 3.28. The molecule has 0 unspecified atom stereocenters. The third kappa shape index (κ3) is 2.48. The molecule has 1 aromatic rings. The Bertz CT molecular complexity index is 576. The summed E-state index contributed by atoms with van der Waals surface area (Å²) in [7, 11) is 0. The van der Waals surface area contributed by atoms with Crippen LogP contribution in [0, 0.1) is 26.1 Å². The lowest BCUT2D eigenvalue weighted by atomic mass is 10.2. The van der Waals surface area contributed by atoms with Gasteiger partial charge in [0.1, 0.15) is 6.07 Å². The molecule has 0 bridgehead atoms. The number of hydrogen-bond acceptors (Lipinski definition) is 6. The smallest absolute Gasteiger partial charge is 0.258 e. The summed E-state index contributed by atoms with van der Waals surface area (Å²) in [6.45, 7) is 0. The third-order valence-corrected chi connectivity index (χ3v) is 3.18. The summed E-state index contributed by atoms with van der Waals surface area (Å²) >= 11 is 0.692. The molecule has 0 amide bonds. The first-order valence-corrected chi connectivity index (χ1v) is 5.71. The van der Waals surface area contributed by atoms with Crippen molar-refractivity contribution in [3.8, 4) is 0 Å². The lowest BCUT2D eigenvalue weighted by molar-refractivity contribution is -0.389. The van der Waals surface area contributed by atoms with Gasteiger partial charge in [0, 0.05) is 12.1 Å². The monoisotopic (exact) mass is 265 g/mol. The molecule has 0 atom stereocenters. The Balaban J connectivity index is 2.30. The number of nitrogens with zero attached hydrogens (tertiary/aromatic N) is 3. The van der Waals surface area contributed by atoms with Gasteiger partial charge >= 0.3 is 10.7 Å². The van der Waals surface area contributed by atoms with Gasteiger partial charge in [0.25, 0.3) is 0 Å². The third-order valence-electron chi connectivity index (χ3n) is 2.20. The summed E-state index contributed by atoms with van der Waals surface area (Å²) in [5, 5.41) is 21.1. The highest BCUT2D eigenvalue weighted by atomic mass is 32.1. The number of thiophene rings is 1. The molecule has 0 radical (unpaired) electrons. The zero-order chi connectivity index (χ0) is 13.1. The summed E-state index contributed by atoms with van der Waals surface area (Å²) in [5.41, 5.74) is -0.339. The molecule has 18 heavy (non-hydrogen) atoms. The first kappa shape index (κ1) is 12.1. The molecule has 8 heteroatoms. The van der Waals surface area contributed by atoms with E-state index in [9.17, 15) is 20.2 Å². The van der Waals surface area contributed by atoms with Crippen LogP contribution in [-0.2, 0) is 0 Å². The number of allylic oxidation sites excluding steroid dienone is 4. The van der Waals surface area contributed by atoms with E-state index in [1.807, 2.05) is 24.3 Å². The summed E-state index contributed by atoms with van der Waals surface area (Å²) in [6, 6.07) is 0.928. The zero-order valence-corrected chi connectivity index (χ0v) is 9.74. The molecule has 7 nitrogen and oxygen atoms in total. The molecule has 2 rings (SSSR count). The van der Waals surface area contributed by atoms with E-state index in [1.165, 1.54) is 6.21 Å². The minimum absolute atomic E-state index is 0.0224. The van der Waals surface area contributed by atoms with E-state index in [0.717, 1.165) is 6.07 Å². The van der Waals surface area contributed by atoms with E-state index in [0.29, 0.717) is 11.3 Å². The predicted octanol–water partition coefficient (Wildman–Crippen LogP) is 3.01. The molecule has 0 aromatic carbocycles. The maximum Gasteiger partial charge on any atom is 0.333 e. The summed E-state index contributed by atoms with van der Waals surface area (Å²) in [4.78, 5) is 23.9. The fraction of sp³-hybridized carbons (Fsp3) is 0.100. The second kappa shape index (κ2) is 4.88. The van der Waals surface area contributed by atoms with Crippen molar-refractivity contribution >= 4 is 33.2 Å². The van der Waals surface area contributed by atoms with Crippen molar-refractivity contribution in [1.82, 2.24) is 0 Å². The molecular weight excluding hydrogens is 258 g/mol. The van der Waals surface area contributed by atoms with Gasteiger partial charge in [-0.2, -0.15) is 0 Å². The second-order valence-corrected chi connectivity index (χ2v) is 4.42. The molecule has 1 aliphatic rings. The summed E-state index contributed by atoms with van der Waals surface area (Å²) < 4.78 is 0. The summed E-state index contributed by atoms with van der Waals surface area (Å²) in [5.74, 6) is -0.0224. The van der Waals surface area contributed by atoms with Crippen molar-refractivity contribution < 1.29 is 9.85 Å². The first-order chi connectivity index (χ1) is 8.58. The molecule has 0 spiro atoms. The van der Waals surface area contributed by atoms with Crippen LogP contribution < -0.4 is 0 Å². The van der Waals surface area contributed by atoms with Gasteiger partial charge in [0.05, 0.1) is 9.85 Å². The Labute approximate surface area is 105 Å². The number of rotatable bonds is 4. The highest BCUT2D eigenvalue weighted by molar-refractivity contribution is 7.19. The second-order valence-electron chi connectivity index (χ2n) is 3.41. The standard InChI is InChI=1S/C10H7N3O4S/c14-12(15)8-5-9(13(16)17)18-10(8)11-6-7-3-1-2-4-7/h1-7H/b11-6+. The van der Waals surface area contributed by atoms with Crippen LogP contribution in [0.1, 0.15) is 0 Å². The Morgan fingerprint density at radius 1 is 1.22 bits per heavy atom. The van der Waals surface area contributed by atoms with E-state index in [4.69, 9.17) is 0 Å². The van der Waals surface area contributed by atoms with Crippen LogP contribution >= 0.6 is 11.3 Å². The largest absolute Gasteiger partial charge is 0.333 e. The molecule has 92 valence electrons. The average Bonchev–Trinajstić information content (AvgIpc) is 2.95. The zero-order valence-electron chi connectivity index (χ0n) is 8.92. The maximum absolute atomic E-state index is 10.7. The maximum atomic E-state index is 10.7. The van der Waals surface area contributed by atoms with Crippen LogP contribution in [0.15, 0.2) is 35.4 Å². The van der Waals surface area contributed by atoms with E-state index >= 15 is 0 Å². The Morgan fingerprint density at radius 3 is 2.44 bits per heavy atom. The lowest BCUT2D eigenvalue weighted by Crippen LogP contribution is -1.89. The van der Waals surface area contributed by atoms with Gasteiger partial charge in [-0.15, -0.1) is 0 Å². The van der Waals surface area contributed by atoms with Gasteiger partial charge in [0.2, 0.25) is 5.00 Å². The molecule has 0 saturated heterocycles. The van der Waals surface area contributed by atoms with Crippen molar-refractivity contribution in [2.75, 3.05) is 0 Å². The fourth-order valence-electron chi connectivity index (χ4n) is 1.37. The van der Waals surface area contributed by atoms with Crippen LogP contribution in [0.25, 0.3) is 0 Å². The quantitative estimate of drug-likeness (QED) is 0.474. The van der Waals surface area contributed by atoms with Crippen LogP contribution in [-0.4, -0.2) is 16.1 Å². The van der Waals surface area contributed by atoms with E-state index < -0.39 is 9.85 Å². The molecule has 1 aliphatic carbocycles. The van der Waals surface area contributed by atoms with Gasteiger partial charge in [-0.25, -0.2) is 4.99 Å². The van der Waals surface area contributed by atoms with Crippen molar-refractivity contribution in [3.63, 3.8) is 0 Å². The van der Waals surface area contributed by atoms with Crippen LogP contribution in [0.4, 0.5) is 15.7 Å². The summed E-state index contributed by atoms with van der Waals surface area (Å²) in [6.07, 6.45) is 8.90. The van der Waals surface area contributed by atoms with Crippen LogP contribution in [0.2, 0.25) is 0 Å². The van der Waals surface area contributed by atoms with Gasteiger partial charge in [-0.3, -0.25) is 20.2 Å². The van der Waals surface area contributed by atoms with Gasteiger partial charge in [-0.1, -0.05) is 24.3 Å². The topological polar surface area (TPSA) is 98.6 Å².